The summed E-state index contributed by atoms with van der Waals surface area (Å²) in [4.78, 5) is 0. The molecule has 0 spiro atoms. The minimum atomic E-state index is 0. The van der Waals surface area contributed by atoms with Gasteiger partial charge in [0.05, 0.1) is 0 Å². The highest BCUT2D eigenvalue weighted by Gasteiger charge is 1.89. The lowest BCUT2D eigenvalue weighted by Crippen LogP contribution is -1.94. The van der Waals surface area contributed by atoms with E-state index in [2.05, 4.69) is 41.3 Å². The smallest absolute Gasteiger partial charge is 0.0273 e. The average Bonchev–Trinajstić information content (AvgIpc) is 1.80. The summed E-state index contributed by atoms with van der Waals surface area (Å²) in [5, 5.41) is 1.29. The molecule has 1 atom stereocenters. The van der Waals surface area contributed by atoms with Crippen molar-refractivity contribution < 1.29 is 0 Å². The van der Waals surface area contributed by atoms with Crippen LogP contribution in [-0.2, 0) is 0 Å². The molecule has 0 aliphatic carbocycles. The van der Waals surface area contributed by atoms with Crippen LogP contribution in [0.4, 0.5) is 0 Å². The third kappa shape index (κ3) is 2.28. The molecule has 0 aromatic heterocycles. The summed E-state index contributed by atoms with van der Waals surface area (Å²) in [7, 11) is 2.71. The Morgan fingerprint density at radius 2 is 1.80 bits per heavy atom. The van der Waals surface area contributed by atoms with Crippen molar-refractivity contribution >= 4 is 27.0 Å². The van der Waals surface area contributed by atoms with E-state index in [9.17, 15) is 0 Å². The summed E-state index contributed by atoms with van der Waals surface area (Å²) in [6.45, 7) is 4.23. The molecule has 1 aromatic rings. The molecule has 0 aliphatic heterocycles. The molecule has 1 rings (SSSR count). The highest BCUT2D eigenvalue weighted by Crippen LogP contribution is 2.02. The standard InChI is InChI=1S/C8H11P.ClH/c1-6-3-4-8(9)7(2)5-6;/h3-5H,9H2,1-2H3;1H. The monoisotopic (exact) mass is 174 g/mol. The van der Waals surface area contributed by atoms with Crippen LogP contribution in [0.25, 0.3) is 0 Å². The molecule has 0 saturated heterocycles. The molecular weight excluding hydrogens is 163 g/mol. The summed E-state index contributed by atoms with van der Waals surface area (Å²) >= 11 is 0. The molecule has 56 valence electrons. The van der Waals surface area contributed by atoms with E-state index in [0.29, 0.717) is 0 Å². The molecule has 0 amide bonds. The van der Waals surface area contributed by atoms with Crippen LogP contribution in [0.1, 0.15) is 11.1 Å². The van der Waals surface area contributed by atoms with Crippen molar-refractivity contribution in [2.75, 3.05) is 0 Å². The highest BCUT2D eigenvalue weighted by atomic mass is 35.5. The predicted octanol–water partition coefficient (Wildman–Crippen LogP) is 2.23. The van der Waals surface area contributed by atoms with Gasteiger partial charge in [-0.05, 0) is 24.7 Å². The normalized spacial score (nSPS) is 8.70. The summed E-state index contributed by atoms with van der Waals surface area (Å²) in [5.41, 5.74) is 2.68. The van der Waals surface area contributed by atoms with Gasteiger partial charge < -0.3 is 0 Å². The molecule has 0 N–H and O–H groups in total. The van der Waals surface area contributed by atoms with Gasteiger partial charge in [-0.1, -0.05) is 23.8 Å². The first-order chi connectivity index (χ1) is 4.20. The van der Waals surface area contributed by atoms with Gasteiger partial charge in [0.1, 0.15) is 0 Å². The van der Waals surface area contributed by atoms with Gasteiger partial charge in [-0.25, -0.2) is 0 Å². The third-order valence-corrected chi connectivity index (χ3v) is 2.07. The van der Waals surface area contributed by atoms with E-state index in [1.165, 1.54) is 16.4 Å². The Morgan fingerprint density at radius 3 is 2.20 bits per heavy atom. The van der Waals surface area contributed by atoms with Crippen LogP contribution in [0, 0.1) is 13.8 Å². The zero-order valence-corrected chi connectivity index (χ0v) is 8.19. The summed E-state index contributed by atoms with van der Waals surface area (Å²) in [5.74, 6) is 0. The largest absolute Gasteiger partial charge is 0.147 e. The second kappa shape index (κ2) is 3.95. The lowest BCUT2D eigenvalue weighted by molar-refractivity contribution is 1.41. The molecule has 0 heterocycles. The van der Waals surface area contributed by atoms with Crippen molar-refractivity contribution in [3.8, 4) is 0 Å². The Bertz CT molecular complexity index is 220. The Morgan fingerprint density at radius 1 is 1.20 bits per heavy atom. The second-order valence-electron chi connectivity index (χ2n) is 2.36. The summed E-state index contributed by atoms with van der Waals surface area (Å²) < 4.78 is 0. The first-order valence-corrected chi connectivity index (χ1v) is 3.60. The van der Waals surface area contributed by atoms with Gasteiger partial charge in [0.15, 0.2) is 0 Å². The van der Waals surface area contributed by atoms with Crippen molar-refractivity contribution in [2.45, 2.75) is 13.8 Å². The van der Waals surface area contributed by atoms with Crippen LogP contribution in [0.15, 0.2) is 18.2 Å². The lowest BCUT2D eigenvalue weighted by Gasteiger charge is -1.98. The molecule has 0 saturated carbocycles. The molecule has 0 nitrogen and oxygen atoms in total. The molecule has 2 heteroatoms. The number of aryl methyl sites for hydroxylation is 2. The molecular formula is C8H12ClP. The van der Waals surface area contributed by atoms with Crippen molar-refractivity contribution in [1.29, 1.82) is 0 Å². The first kappa shape index (κ1) is 9.94. The van der Waals surface area contributed by atoms with Crippen molar-refractivity contribution in [2.24, 2.45) is 0 Å². The molecule has 10 heavy (non-hydrogen) atoms. The SMILES string of the molecule is Cc1ccc(P)c(C)c1.Cl. The second-order valence-corrected chi connectivity index (χ2v) is 2.98. The van der Waals surface area contributed by atoms with Crippen molar-refractivity contribution in [1.82, 2.24) is 0 Å². The van der Waals surface area contributed by atoms with Crippen LogP contribution in [-0.4, -0.2) is 0 Å². The van der Waals surface area contributed by atoms with Crippen LogP contribution in [0.5, 0.6) is 0 Å². The van der Waals surface area contributed by atoms with E-state index in [-0.39, 0.29) is 12.4 Å². The van der Waals surface area contributed by atoms with Crippen LogP contribution < -0.4 is 5.30 Å². The highest BCUT2D eigenvalue weighted by molar-refractivity contribution is 7.27. The van der Waals surface area contributed by atoms with E-state index in [0.717, 1.165) is 0 Å². The number of hydrogen-bond acceptors (Lipinski definition) is 0. The van der Waals surface area contributed by atoms with E-state index in [4.69, 9.17) is 0 Å². The maximum atomic E-state index is 2.71. The van der Waals surface area contributed by atoms with Gasteiger partial charge in [-0.3, -0.25) is 0 Å². The Kier molecular flexibility index (Phi) is 3.93. The zero-order valence-electron chi connectivity index (χ0n) is 6.22. The number of rotatable bonds is 0. The topological polar surface area (TPSA) is 0 Å². The molecule has 0 bridgehead atoms. The minimum absolute atomic E-state index is 0. The fourth-order valence-corrected chi connectivity index (χ4v) is 1.01. The van der Waals surface area contributed by atoms with Gasteiger partial charge in [0.2, 0.25) is 0 Å². The minimum Gasteiger partial charge on any atom is -0.147 e. The first-order valence-electron chi connectivity index (χ1n) is 3.03. The lowest BCUT2D eigenvalue weighted by atomic mass is 10.2. The maximum absolute atomic E-state index is 2.71. The van der Waals surface area contributed by atoms with Gasteiger partial charge in [-0.2, -0.15) is 0 Å². The maximum Gasteiger partial charge on any atom is -0.0273 e. The fraction of sp³-hybridized carbons (Fsp3) is 0.250. The Labute approximate surface area is 70.6 Å². The predicted molar refractivity (Wildman–Crippen MR) is 52.5 cm³/mol. The Balaban J connectivity index is 0.000000810. The van der Waals surface area contributed by atoms with Crippen molar-refractivity contribution in [3.05, 3.63) is 29.3 Å². The van der Waals surface area contributed by atoms with Gasteiger partial charge in [0, 0.05) is 0 Å². The number of halogens is 1. The van der Waals surface area contributed by atoms with Crippen LogP contribution in [0.2, 0.25) is 0 Å². The van der Waals surface area contributed by atoms with E-state index < -0.39 is 0 Å². The average molecular weight is 175 g/mol. The molecule has 1 unspecified atom stereocenters. The Hall–Kier alpha value is -0.0600. The van der Waals surface area contributed by atoms with Crippen LogP contribution in [0.3, 0.4) is 0 Å². The summed E-state index contributed by atoms with van der Waals surface area (Å²) in [6.07, 6.45) is 0. The number of benzene rings is 1. The van der Waals surface area contributed by atoms with E-state index >= 15 is 0 Å². The zero-order chi connectivity index (χ0) is 6.85. The molecule has 0 aliphatic rings. The fourth-order valence-electron chi connectivity index (χ4n) is 0.826. The summed E-state index contributed by atoms with van der Waals surface area (Å²) in [6, 6.07) is 6.42. The van der Waals surface area contributed by atoms with E-state index in [1.54, 1.807) is 0 Å². The quantitative estimate of drug-likeness (QED) is 0.529. The molecule has 1 aromatic carbocycles. The van der Waals surface area contributed by atoms with Crippen molar-refractivity contribution in [3.63, 3.8) is 0 Å². The van der Waals surface area contributed by atoms with Gasteiger partial charge in [0.25, 0.3) is 0 Å². The molecule has 0 fully saturated rings. The van der Waals surface area contributed by atoms with Gasteiger partial charge >= 0.3 is 0 Å². The van der Waals surface area contributed by atoms with E-state index in [1.807, 2.05) is 0 Å². The molecule has 0 radical (unpaired) electrons. The van der Waals surface area contributed by atoms with Crippen LogP contribution >= 0.6 is 21.6 Å². The number of hydrogen-bond donors (Lipinski definition) is 0. The third-order valence-electron chi connectivity index (χ3n) is 1.43. The van der Waals surface area contributed by atoms with Gasteiger partial charge in [-0.15, -0.1) is 21.6 Å².